The van der Waals surface area contributed by atoms with E-state index in [9.17, 15) is 5.11 Å². The molecular weight excluding hydrogens is 196 g/mol. The van der Waals surface area contributed by atoms with Gasteiger partial charge in [0.2, 0.25) is 0 Å². The number of hydrogen-bond acceptors (Lipinski definition) is 4. The fourth-order valence-electron chi connectivity index (χ4n) is 1.40. The third-order valence-corrected chi connectivity index (χ3v) is 2.35. The monoisotopic (exact) mass is 212 g/mol. The molecule has 3 heterocycles. The highest BCUT2D eigenvalue weighted by Gasteiger charge is 2.49. The molecule has 0 spiro atoms. The van der Waals surface area contributed by atoms with Gasteiger partial charge in [0.25, 0.3) is 0 Å². The first-order chi connectivity index (χ1) is 6.83. The molecule has 0 atom stereocenters. The topological polar surface area (TPSA) is 47.9 Å². The first-order valence-corrected chi connectivity index (χ1v) is 5.01. The fourth-order valence-corrected chi connectivity index (χ4v) is 1.40. The standard InChI is InChI=1S/C11H16O4/c1-9(2,12)4-5-11-13-6-10(3,7-14-11)8-15-11/h12H,6-8H2,1-3H3. The van der Waals surface area contributed by atoms with Crippen molar-refractivity contribution < 1.29 is 19.3 Å². The Labute approximate surface area is 89.5 Å². The van der Waals surface area contributed by atoms with Crippen LogP contribution in [0.5, 0.6) is 0 Å². The molecule has 0 unspecified atom stereocenters. The second kappa shape index (κ2) is 3.19. The van der Waals surface area contributed by atoms with Crippen molar-refractivity contribution in [3.05, 3.63) is 0 Å². The van der Waals surface area contributed by atoms with Gasteiger partial charge in [0.15, 0.2) is 0 Å². The largest absolute Gasteiger partial charge is 0.378 e. The van der Waals surface area contributed by atoms with Crippen LogP contribution < -0.4 is 0 Å². The van der Waals surface area contributed by atoms with Crippen molar-refractivity contribution in [2.75, 3.05) is 19.8 Å². The fraction of sp³-hybridized carbons (Fsp3) is 0.818. The van der Waals surface area contributed by atoms with Crippen LogP contribution in [0, 0.1) is 17.3 Å². The van der Waals surface area contributed by atoms with Gasteiger partial charge in [-0.1, -0.05) is 12.8 Å². The smallest absolute Gasteiger partial charge is 0.353 e. The second-order valence-electron chi connectivity index (χ2n) is 5.04. The summed E-state index contributed by atoms with van der Waals surface area (Å²) < 4.78 is 16.3. The minimum absolute atomic E-state index is 0.0574. The lowest BCUT2D eigenvalue weighted by atomic mass is 9.92. The van der Waals surface area contributed by atoms with Crippen molar-refractivity contribution in [2.24, 2.45) is 5.41 Å². The average molecular weight is 212 g/mol. The zero-order chi connectivity index (χ0) is 11.2. The van der Waals surface area contributed by atoms with Gasteiger partial charge < -0.3 is 19.3 Å². The molecule has 3 fully saturated rings. The first-order valence-electron chi connectivity index (χ1n) is 5.01. The van der Waals surface area contributed by atoms with E-state index in [0.717, 1.165) is 0 Å². The summed E-state index contributed by atoms with van der Waals surface area (Å²) in [6.07, 6.45) is 0. The molecule has 84 valence electrons. The number of fused-ring (bicyclic) bond motifs is 3. The Bertz CT molecular complexity index is 293. The van der Waals surface area contributed by atoms with Crippen LogP contribution in [0.3, 0.4) is 0 Å². The molecule has 3 aliphatic heterocycles. The zero-order valence-corrected chi connectivity index (χ0v) is 9.29. The summed E-state index contributed by atoms with van der Waals surface area (Å²) in [6, 6.07) is 0. The molecule has 15 heavy (non-hydrogen) atoms. The maximum Gasteiger partial charge on any atom is 0.353 e. The number of rotatable bonds is 0. The van der Waals surface area contributed by atoms with Crippen LogP contribution in [0.1, 0.15) is 20.8 Å². The number of ether oxygens (including phenoxy) is 3. The summed E-state index contributed by atoms with van der Waals surface area (Å²) in [5.41, 5.74) is -1.12. The molecule has 2 bridgehead atoms. The summed E-state index contributed by atoms with van der Waals surface area (Å²) in [4.78, 5) is 0. The van der Waals surface area contributed by atoms with Crippen molar-refractivity contribution in [2.45, 2.75) is 32.3 Å². The van der Waals surface area contributed by atoms with E-state index in [1.54, 1.807) is 13.8 Å². The summed E-state index contributed by atoms with van der Waals surface area (Å²) in [6.45, 7) is 6.98. The quantitative estimate of drug-likeness (QED) is 0.594. The lowest BCUT2D eigenvalue weighted by Crippen LogP contribution is -2.58. The highest BCUT2D eigenvalue weighted by Crippen LogP contribution is 2.37. The first kappa shape index (κ1) is 10.9. The zero-order valence-electron chi connectivity index (χ0n) is 9.29. The molecule has 0 amide bonds. The molecule has 1 N–H and O–H groups in total. The molecule has 3 rings (SSSR count). The highest BCUT2D eigenvalue weighted by molar-refractivity contribution is 5.16. The van der Waals surface area contributed by atoms with Crippen LogP contribution in [-0.4, -0.2) is 36.5 Å². The van der Waals surface area contributed by atoms with Crippen LogP contribution in [0.4, 0.5) is 0 Å². The summed E-state index contributed by atoms with van der Waals surface area (Å²) in [7, 11) is 0. The van der Waals surface area contributed by atoms with E-state index < -0.39 is 11.6 Å². The Morgan fingerprint density at radius 2 is 1.60 bits per heavy atom. The van der Waals surface area contributed by atoms with Gasteiger partial charge in [-0.3, -0.25) is 0 Å². The van der Waals surface area contributed by atoms with Gasteiger partial charge in [0.1, 0.15) is 5.60 Å². The SMILES string of the molecule is CC(C)(O)C#CC12OCC(C)(CO1)CO2. The molecule has 3 saturated heterocycles. The van der Waals surface area contributed by atoms with Gasteiger partial charge in [-0.2, -0.15) is 0 Å². The summed E-state index contributed by atoms with van der Waals surface area (Å²) in [5.74, 6) is 4.11. The Balaban J connectivity index is 2.12. The molecule has 0 aromatic rings. The van der Waals surface area contributed by atoms with Crippen LogP contribution >= 0.6 is 0 Å². The lowest BCUT2D eigenvalue weighted by Gasteiger charge is -2.47. The predicted octanol–water partition coefficient (Wildman–Crippen LogP) is 0.498. The van der Waals surface area contributed by atoms with Crippen molar-refractivity contribution in [1.82, 2.24) is 0 Å². The van der Waals surface area contributed by atoms with E-state index in [2.05, 4.69) is 11.8 Å². The molecule has 0 saturated carbocycles. The third kappa shape index (κ3) is 2.32. The Kier molecular flexibility index (Phi) is 2.32. The Morgan fingerprint density at radius 1 is 1.13 bits per heavy atom. The molecule has 4 nitrogen and oxygen atoms in total. The van der Waals surface area contributed by atoms with E-state index in [1.807, 2.05) is 6.92 Å². The van der Waals surface area contributed by atoms with Crippen LogP contribution in [0.2, 0.25) is 0 Å². The van der Waals surface area contributed by atoms with E-state index in [4.69, 9.17) is 14.2 Å². The van der Waals surface area contributed by atoms with Crippen molar-refractivity contribution >= 4 is 0 Å². The van der Waals surface area contributed by atoms with Gasteiger partial charge in [0.05, 0.1) is 19.8 Å². The average Bonchev–Trinajstić information content (AvgIpc) is 2.16. The normalized spacial score (nSPS) is 39.7. The number of aliphatic hydroxyl groups is 1. The molecule has 4 heteroatoms. The van der Waals surface area contributed by atoms with Crippen LogP contribution in [-0.2, 0) is 14.2 Å². The molecule has 0 radical (unpaired) electrons. The maximum absolute atomic E-state index is 9.48. The minimum Gasteiger partial charge on any atom is -0.378 e. The summed E-state index contributed by atoms with van der Waals surface area (Å²) in [5, 5.41) is 9.48. The summed E-state index contributed by atoms with van der Waals surface area (Å²) >= 11 is 0. The Hall–Kier alpha value is -0.600. The van der Waals surface area contributed by atoms with Crippen molar-refractivity contribution in [3.8, 4) is 11.8 Å². The van der Waals surface area contributed by atoms with Crippen LogP contribution in [0.15, 0.2) is 0 Å². The van der Waals surface area contributed by atoms with Crippen molar-refractivity contribution in [3.63, 3.8) is 0 Å². The molecule has 0 aliphatic carbocycles. The Morgan fingerprint density at radius 3 is 2.00 bits per heavy atom. The lowest BCUT2D eigenvalue weighted by molar-refractivity contribution is -0.436. The third-order valence-electron chi connectivity index (χ3n) is 2.35. The van der Waals surface area contributed by atoms with E-state index >= 15 is 0 Å². The van der Waals surface area contributed by atoms with E-state index in [0.29, 0.717) is 19.8 Å². The number of hydrogen-bond donors (Lipinski definition) is 1. The van der Waals surface area contributed by atoms with E-state index in [-0.39, 0.29) is 5.41 Å². The highest BCUT2D eigenvalue weighted by atomic mass is 16.9. The van der Waals surface area contributed by atoms with E-state index in [1.165, 1.54) is 0 Å². The van der Waals surface area contributed by atoms with Gasteiger partial charge in [-0.25, -0.2) is 0 Å². The minimum atomic E-state index is -1.25. The van der Waals surface area contributed by atoms with Gasteiger partial charge in [-0.05, 0) is 19.8 Å². The van der Waals surface area contributed by atoms with Gasteiger partial charge in [-0.15, -0.1) is 0 Å². The van der Waals surface area contributed by atoms with Gasteiger partial charge >= 0.3 is 5.97 Å². The van der Waals surface area contributed by atoms with Crippen LogP contribution in [0.25, 0.3) is 0 Å². The molecular formula is C11H16O4. The van der Waals surface area contributed by atoms with Gasteiger partial charge in [0, 0.05) is 5.41 Å². The molecule has 0 aromatic carbocycles. The molecule has 0 aromatic heterocycles. The maximum atomic E-state index is 9.48. The van der Waals surface area contributed by atoms with Crippen molar-refractivity contribution in [1.29, 1.82) is 0 Å². The second-order valence-corrected chi connectivity index (χ2v) is 5.04. The molecule has 3 aliphatic rings. The predicted molar refractivity (Wildman–Crippen MR) is 52.8 cm³/mol.